The smallest absolute Gasteiger partial charge is 0.261 e. The Morgan fingerprint density at radius 2 is 1.75 bits per heavy atom. The van der Waals surface area contributed by atoms with E-state index >= 15 is 0 Å². The van der Waals surface area contributed by atoms with Gasteiger partial charge in [0.1, 0.15) is 5.82 Å². The predicted octanol–water partition coefficient (Wildman–Crippen LogP) is 1.84. The zero-order valence-electron chi connectivity index (χ0n) is 12.1. The lowest BCUT2D eigenvalue weighted by atomic mass is 10.1. The Morgan fingerprint density at radius 3 is 2.46 bits per heavy atom. The van der Waals surface area contributed by atoms with Gasteiger partial charge in [-0.25, -0.2) is 4.39 Å². The van der Waals surface area contributed by atoms with Crippen LogP contribution in [0.4, 0.5) is 10.1 Å². The van der Waals surface area contributed by atoms with E-state index in [1.807, 2.05) is 0 Å². The fourth-order valence-corrected chi connectivity index (χ4v) is 2.46. The van der Waals surface area contributed by atoms with Crippen LogP contribution in [0.2, 0.25) is 0 Å². The summed E-state index contributed by atoms with van der Waals surface area (Å²) in [5, 5.41) is 7.27. The lowest BCUT2D eigenvalue weighted by Crippen LogP contribution is -2.34. The lowest BCUT2D eigenvalue weighted by Gasteiger charge is -2.11. The standard InChI is InChI=1S/C16H10FN3O3S/c17-9-6-4-8(5-7-9)13(21)20-16(24)18-11-3-1-2-10-12(11)15(23)19-14(10)22/h1-7H,(H,19,22,23)(H2,18,20,21,24). The van der Waals surface area contributed by atoms with Gasteiger partial charge in [0, 0.05) is 5.56 Å². The molecule has 0 saturated carbocycles. The molecule has 0 atom stereocenters. The molecule has 3 N–H and O–H groups in total. The average Bonchev–Trinajstić information content (AvgIpc) is 2.83. The van der Waals surface area contributed by atoms with Gasteiger partial charge in [-0.1, -0.05) is 6.07 Å². The van der Waals surface area contributed by atoms with Crippen LogP contribution in [0.25, 0.3) is 0 Å². The molecule has 3 rings (SSSR count). The SMILES string of the molecule is O=C(NC(=S)Nc1cccc2c1C(=O)NC2=O)c1ccc(F)cc1. The first-order valence-corrected chi connectivity index (χ1v) is 7.23. The second-order valence-corrected chi connectivity index (χ2v) is 5.33. The van der Waals surface area contributed by atoms with Crippen molar-refractivity contribution in [1.82, 2.24) is 10.6 Å². The largest absolute Gasteiger partial charge is 0.332 e. The molecular weight excluding hydrogens is 333 g/mol. The van der Waals surface area contributed by atoms with Crippen molar-refractivity contribution in [3.8, 4) is 0 Å². The molecule has 0 saturated heterocycles. The summed E-state index contributed by atoms with van der Waals surface area (Å²) in [6.07, 6.45) is 0. The molecule has 6 nitrogen and oxygen atoms in total. The quantitative estimate of drug-likeness (QED) is 0.572. The second kappa shape index (κ2) is 6.17. The summed E-state index contributed by atoms with van der Waals surface area (Å²) in [5.41, 5.74) is 0.936. The van der Waals surface area contributed by atoms with E-state index in [0.717, 1.165) is 12.1 Å². The molecule has 120 valence electrons. The van der Waals surface area contributed by atoms with Crippen LogP contribution in [0.1, 0.15) is 31.1 Å². The van der Waals surface area contributed by atoms with E-state index in [1.54, 1.807) is 12.1 Å². The minimum atomic E-state index is -0.536. The Labute approximate surface area is 141 Å². The third kappa shape index (κ3) is 2.99. The molecule has 2 aromatic rings. The third-order valence-electron chi connectivity index (χ3n) is 3.34. The number of nitrogens with one attached hydrogen (secondary N) is 3. The van der Waals surface area contributed by atoms with Gasteiger partial charge in [-0.2, -0.15) is 0 Å². The molecule has 8 heteroatoms. The molecule has 1 aliphatic heterocycles. The highest BCUT2D eigenvalue weighted by Gasteiger charge is 2.29. The summed E-state index contributed by atoms with van der Waals surface area (Å²) in [7, 11) is 0. The number of halogens is 1. The minimum Gasteiger partial charge on any atom is -0.332 e. The molecular formula is C16H10FN3O3S. The van der Waals surface area contributed by atoms with Crippen LogP contribution in [0, 0.1) is 5.82 Å². The number of hydrogen-bond acceptors (Lipinski definition) is 4. The van der Waals surface area contributed by atoms with Gasteiger partial charge in [-0.15, -0.1) is 0 Å². The number of carbonyl (C=O) groups excluding carboxylic acids is 3. The second-order valence-electron chi connectivity index (χ2n) is 4.93. The van der Waals surface area contributed by atoms with Gasteiger partial charge in [-0.05, 0) is 48.6 Å². The summed E-state index contributed by atoms with van der Waals surface area (Å²) in [4.78, 5) is 35.4. The normalized spacial score (nSPS) is 12.4. The monoisotopic (exact) mass is 343 g/mol. The van der Waals surface area contributed by atoms with E-state index < -0.39 is 23.5 Å². The first-order valence-electron chi connectivity index (χ1n) is 6.82. The van der Waals surface area contributed by atoms with Crippen molar-refractivity contribution >= 4 is 40.7 Å². The molecule has 1 aliphatic rings. The summed E-state index contributed by atoms with van der Waals surface area (Å²) >= 11 is 5.04. The highest BCUT2D eigenvalue weighted by atomic mass is 32.1. The number of carbonyl (C=O) groups is 3. The van der Waals surface area contributed by atoms with E-state index in [2.05, 4.69) is 16.0 Å². The van der Waals surface area contributed by atoms with Crippen molar-refractivity contribution in [1.29, 1.82) is 0 Å². The summed E-state index contributed by atoms with van der Waals surface area (Å²) < 4.78 is 12.9. The van der Waals surface area contributed by atoms with Gasteiger partial charge in [0.15, 0.2) is 5.11 Å². The van der Waals surface area contributed by atoms with Crippen molar-refractivity contribution < 1.29 is 18.8 Å². The number of benzene rings is 2. The topological polar surface area (TPSA) is 87.3 Å². The molecule has 0 aliphatic carbocycles. The molecule has 3 amide bonds. The molecule has 0 aromatic heterocycles. The molecule has 24 heavy (non-hydrogen) atoms. The Hall–Kier alpha value is -3.13. The van der Waals surface area contributed by atoms with Crippen LogP contribution in [-0.2, 0) is 0 Å². The Morgan fingerprint density at radius 1 is 1.04 bits per heavy atom. The maximum absolute atomic E-state index is 12.9. The van der Waals surface area contributed by atoms with Crippen molar-refractivity contribution in [3.63, 3.8) is 0 Å². The molecule has 2 aromatic carbocycles. The van der Waals surface area contributed by atoms with Crippen LogP contribution in [0.5, 0.6) is 0 Å². The molecule has 1 heterocycles. The van der Waals surface area contributed by atoms with Crippen molar-refractivity contribution in [3.05, 3.63) is 65.0 Å². The van der Waals surface area contributed by atoms with Gasteiger partial charge in [0.2, 0.25) is 0 Å². The third-order valence-corrected chi connectivity index (χ3v) is 3.55. The van der Waals surface area contributed by atoms with Crippen molar-refractivity contribution in [2.75, 3.05) is 5.32 Å². The molecule has 0 spiro atoms. The first-order chi connectivity index (χ1) is 11.5. The van der Waals surface area contributed by atoms with E-state index in [0.29, 0.717) is 5.69 Å². The molecule has 0 fully saturated rings. The van der Waals surface area contributed by atoms with Crippen LogP contribution in [0.15, 0.2) is 42.5 Å². The Bertz CT molecular complexity index is 881. The number of hydrogen-bond donors (Lipinski definition) is 3. The average molecular weight is 343 g/mol. The summed E-state index contributed by atoms with van der Waals surface area (Å²) in [5.74, 6) is -2.01. The predicted molar refractivity (Wildman–Crippen MR) is 88.3 cm³/mol. The fourth-order valence-electron chi connectivity index (χ4n) is 2.25. The number of thiocarbonyl (C=S) groups is 1. The van der Waals surface area contributed by atoms with Gasteiger partial charge in [-0.3, -0.25) is 25.0 Å². The fraction of sp³-hybridized carbons (Fsp3) is 0. The number of rotatable bonds is 2. The van der Waals surface area contributed by atoms with Crippen LogP contribution >= 0.6 is 12.2 Å². The van der Waals surface area contributed by atoms with Crippen LogP contribution < -0.4 is 16.0 Å². The van der Waals surface area contributed by atoms with Gasteiger partial charge in [0.25, 0.3) is 17.7 Å². The number of amides is 3. The van der Waals surface area contributed by atoms with Gasteiger partial charge < -0.3 is 5.32 Å². The number of anilines is 1. The van der Waals surface area contributed by atoms with Gasteiger partial charge in [0.05, 0.1) is 16.8 Å². The maximum Gasteiger partial charge on any atom is 0.261 e. The van der Waals surface area contributed by atoms with E-state index in [-0.39, 0.29) is 21.8 Å². The Balaban J connectivity index is 1.74. The zero-order valence-corrected chi connectivity index (χ0v) is 12.9. The lowest BCUT2D eigenvalue weighted by molar-refractivity contribution is 0.0878. The maximum atomic E-state index is 12.9. The highest BCUT2D eigenvalue weighted by Crippen LogP contribution is 2.24. The first kappa shape index (κ1) is 15.8. The molecule has 0 radical (unpaired) electrons. The minimum absolute atomic E-state index is 0.0510. The van der Waals surface area contributed by atoms with Gasteiger partial charge >= 0.3 is 0 Å². The molecule has 0 bridgehead atoms. The zero-order chi connectivity index (χ0) is 17.3. The van der Waals surface area contributed by atoms with Crippen molar-refractivity contribution in [2.24, 2.45) is 0 Å². The highest BCUT2D eigenvalue weighted by molar-refractivity contribution is 7.80. The van der Waals surface area contributed by atoms with Crippen LogP contribution in [0.3, 0.4) is 0 Å². The summed E-state index contributed by atoms with van der Waals surface area (Å²) in [6.45, 7) is 0. The van der Waals surface area contributed by atoms with Crippen molar-refractivity contribution in [2.45, 2.75) is 0 Å². The van der Waals surface area contributed by atoms with E-state index in [1.165, 1.54) is 18.2 Å². The van der Waals surface area contributed by atoms with E-state index in [4.69, 9.17) is 12.2 Å². The number of imide groups is 1. The number of fused-ring (bicyclic) bond motifs is 1. The summed E-state index contributed by atoms with van der Waals surface area (Å²) in [6, 6.07) is 9.62. The van der Waals surface area contributed by atoms with Crippen LogP contribution in [-0.4, -0.2) is 22.8 Å². The molecule has 0 unspecified atom stereocenters. The Kier molecular flexibility index (Phi) is 4.05. The van der Waals surface area contributed by atoms with E-state index in [9.17, 15) is 18.8 Å².